The smallest absolute Gasteiger partial charge is 0.475 e. The molecule has 1 aliphatic rings. The fourth-order valence-corrected chi connectivity index (χ4v) is 3.98. The number of carbonyl (C=O) groups excluding carboxylic acids is 1. The highest BCUT2D eigenvalue weighted by atomic mass is 19.4. The molecule has 3 heterocycles. The fraction of sp³-hybridized carbons (Fsp3) is 0.455. The second kappa shape index (κ2) is 10.7. The van der Waals surface area contributed by atoms with Crippen molar-refractivity contribution in [2.24, 2.45) is 11.7 Å². The van der Waals surface area contributed by atoms with Crippen LogP contribution in [0.2, 0.25) is 0 Å². The minimum atomic E-state index is -5.08. The van der Waals surface area contributed by atoms with Gasteiger partial charge in [0.15, 0.2) is 0 Å². The molecule has 1 amide bonds. The van der Waals surface area contributed by atoms with E-state index in [1.165, 1.54) is 0 Å². The van der Waals surface area contributed by atoms with E-state index >= 15 is 0 Å². The lowest BCUT2D eigenvalue weighted by atomic mass is 9.96. The standard InChI is InChI=1S/C20H26N6O.C2HF3O2/c1-14-18(17-4-2-3-5-19(17)22-14)10-20(27)25-8-6-15(7-9-25)12-26-13-16(11-21)23-24-26;3-2(4,5)1(6)7/h2-5,13,15,22H,6-12,21H2,1H3;(H,6,7). The highest BCUT2D eigenvalue weighted by molar-refractivity contribution is 5.90. The van der Waals surface area contributed by atoms with Crippen molar-refractivity contribution in [3.8, 4) is 0 Å². The van der Waals surface area contributed by atoms with Crippen LogP contribution in [0.15, 0.2) is 30.5 Å². The van der Waals surface area contributed by atoms with Gasteiger partial charge in [0.1, 0.15) is 0 Å². The van der Waals surface area contributed by atoms with Crippen molar-refractivity contribution in [3.63, 3.8) is 0 Å². The Morgan fingerprint density at radius 2 is 1.88 bits per heavy atom. The first-order chi connectivity index (χ1) is 16.1. The number of fused-ring (bicyclic) bond motifs is 1. The molecule has 9 nitrogen and oxygen atoms in total. The molecule has 2 aromatic heterocycles. The largest absolute Gasteiger partial charge is 0.490 e. The Morgan fingerprint density at radius 1 is 1.24 bits per heavy atom. The molecule has 1 aliphatic heterocycles. The SMILES string of the molecule is Cc1[nH]c2ccccc2c1CC(=O)N1CCC(Cn2cc(CN)nn2)CC1.O=C(O)C(F)(F)F. The number of carboxylic acid groups (broad SMARTS) is 1. The number of aryl methyl sites for hydroxylation is 1. The normalized spacial score (nSPS) is 14.7. The molecule has 0 radical (unpaired) electrons. The van der Waals surface area contributed by atoms with Gasteiger partial charge in [0.25, 0.3) is 0 Å². The van der Waals surface area contributed by atoms with Crippen LogP contribution in [0, 0.1) is 12.8 Å². The van der Waals surface area contributed by atoms with Crippen LogP contribution in [0.25, 0.3) is 10.9 Å². The monoisotopic (exact) mass is 480 g/mol. The Labute approximate surface area is 193 Å². The van der Waals surface area contributed by atoms with E-state index in [0.717, 1.165) is 60.3 Å². The molecule has 0 spiro atoms. The van der Waals surface area contributed by atoms with Crippen LogP contribution in [0.1, 0.15) is 29.8 Å². The lowest BCUT2D eigenvalue weighted by Gasteiger charge is -2.32. The number of benzene rings is 1. The predicted molar refractivity (Wildman–Crippen MR) is 118 cm³/mol. The third kappa shape index (κ3) is 6.34. The minimum Gasteiger partial charge on any atom is -0.475 e. The quantitative estimate of drug-likeness (QED) is 0.515. The van der Waals surface area contributed by atoms with Gasteiger partial charge in [0.05, 0.1) is 12.1 Å². The number of H-pyrrole nitrogens is 1. The molecule has 4 N–H and O–H groups in total. The van der Waals surface area contributed by atoms with Crippen molar-refractivity contribution in [1.29, 1.82) is 0 Å². The Bertz CT molecular complexity index is 1130. The van der Waals surface area contributed by atoms with Crippen LogP contribution in [0.4, 0.5) is 13.2 Å². The van der Waals surface area contributed by atoms with E-state index in [1.54, 1.807) is 0 Å². The number of rotatable bonds is 5. The van der Waals surface area contributed by atoms with Crippen LogP contribution in [-0.4, -0.2) is 61.1 Å². The number of piperidine rings is 1. The number of hydrogen-bond acceptors (Lipinski definition) is 5. The first-order valence-corrected chi connectivity index (χ1v) is 10.8. The average molecular weight is 480 g/mol. The lowest BCUT2D eigenvalue weighted by molar-refractivity contribution is -0.192. The molecule has 1 saturated heterocycles. The Hall–Kier alpha value is -3.41. The van der Waals surface area contributed by atoms with Crippen LogP contribution >= 0.6 is 0 Å². The van der Waals surface area contributed by atoms with E-state index < -0.39 is 12.1 Å². The molecule has 1 aromatic carbocycles. The second-order valence-electron chi connectivity index (χ2n) is 8.21. The number of nitrogens with two attached hydrogens (primary N) is 1. The molecular weight excluding hydrogens is 453 g/mol. The molecule has 4 rings (SSSR count). The van der Waals surface area contributed by atoms with Crippen molar-refractivity contribution in [3.05, 3.63) is 47.4 Å². The number of para-hydroxylation sites is 1. The molecule has 0 aliphatic carbocycles. The van der Waals surface area contributed by atoms with Crippen LogP contribution in [-0.2, 0) is 29.1 Å². The van der Waals surface area contributed by atoms with E-state index in [4.69, 9.17) is 15.6 Å². The van der Waals surface area contributed by atoms with Gasteiger partial charge in [-0.2, -0.15) is 13.2 Å². The number of nitrogens with one attached hydrogen (secondary N) is 1. The minimum absolute atomic E-state index is 0.215. The maximum absolute atomic E-state index is 12.8. The van der Waals surface area contributed by atoms with Gasteiger partial charge in [-0.3, -0.25) is 9.48 Å². The summed E-state index contributed by atoms with van der Waals surface area (Å²) < 4.78 is 33.6. The van der Waals surface area contributed by atoms with E-state index in [1.807, 2.05) is 34.8 Å². The first kappa shape index (κ1) is 25.2. The highest BCUT2D eigenvalue weighted by Crippen LogP contribution is 2.24. The van der Waals surface area contributed by atoms with E-state index in [-0.39, 0.29) is 5.91 Å². The topological polar surface area (TPSA) is 130 Å². The molecule has 1 fully saturated rings. The predicted octanol–water partition coefficient (Wildman–Crippen LogP) is 2.64. The van der Waals surface area contributed by atoms with Gasteiger partial charge < -0.3 is 20.7 Å². The third-order valence-corrected chi connectivity index (χ3v) is 5.81. The van der Waals surface area contributed by atoms with Gasteiger partial charge in [-0.25, -0.2) is 4.79 Å². The van der Waals surface area contributed by atoms with Crippen molar-refractivity contribution < 1.29 is 27.9 Å². The van der Waals surface area contributed by atoms with Gasteiger partial charge in [-0.1, -0.05) is 23.4 Å². The summed E-state index contributed by atoms with van der Waals surface area (Å²) in [5.74, 6) is -2.02. The zero-order valence-corrected chi connectivity index (χ0v) is 18.7. The molecule has 0 unspecified atom stereocenters. The molecule has 0 bridgehead atoms. The maximum atomic E-state index is 12.8. The molecule has 34 heavy (non-hydrogen) atoms. The molecule has 184 valence electrons. The number of carbonyl (C=O) groups is 2. The summed E-state index contributed by atoms with van der Waals surface area (Å²) in [5.41, 5.74) is 9.71. The second-order valence-corrected chi connectivity index (χ2v) is 8.21. The van der Waals surface area contributed by atoms with E-state index in [9.17, 15) is 18.0 Å². The van der Waals surface area contributed by atoms with Gasteiger partial charge in [-0.05, 0) is 37.3 Å². The average Bonchev–Trinajstić information content (AvgIpc) is 3.38. The van der Waals surface area contributed by atoms with Crippen LogP contribution in [0.3, 0.4) is 0 Å². The number of carboxylic acids is 1. The Balaban J connectivity index is 0.000000406. The summed E-state index contributed by atoms with van der Waals surface area (Å²) in [6.07, 6.45) is -0.715. The number of halogens is 3. The fourth-order valence-electron chi connectivity index (χ4n) is 3.98. The van der Waals surface area contributed by atoms with Crippen molar-refractivity contribution in [2.45, 2.75) is 45.5 Å². The summed E-state index contributed by atoms with van der Waals surface area (Å²) in [6, 6.07) is 8.18. The van der Waals surface area contributed by atoms with Gasteiger partial charge in [0.2, 0.25) is 5.91 Å². The number of aromatic amines is 1. The number of alkyl halides is 3. The summed E-state index contributed by atoms with van der Waals surface area (Å²) in [6.45, 7) is 4.92. The maximum Gasteiger partial charge on any atom is 0.490 e. The Morgan fingerprint density at radius 3 is 2.47 bits per heavy atom. The van der Waals surface area contributed by atoms with Gasteiger partial charge in [-0.15, -0.1) is 5.10 Å². The number of amides is 1. The van der Waals surface area contributed by atoms with Crippen molar-refractivity contribution in [1.82, 2.24) is 24.9 Å². The summed E-state index contributed by atoms with van der Waals surface area (Å²) in [5, 5.41) is 16.4. The number of aliphatic carboxylic acids is 1. The molecular formula is C22H27F3N6O3. The number of hydrogen-bond donors (Lipinski definition) is 3. The molecule has 12 heteroatoms. The molecule has 0 atom stereocenters. The van der Waals surface area contributed by atoms with E-state index in [0.29, 0.717) is 18.9 Å². The summed E-state index contributed by atoms with van der Waals surface area (Å²) in [7, 11) is 0. The van der Waals surface area contributed by atoms with Crippen molar-refractivity contribution >= 4 is 22.8 Å². The van der Waals surface area contributed by atoms with Crippen LogP contribution in [0.5, 0.6) is 0 Å². The zero-order valence-electron chi connectivity index (χ0n) is 18.7. The molecule has 0 saturated carbocycles. The number of likely N-dealkylation sites (tertiary alicyclic amines) is 1. The Kier molecular flexibility index (Phi) is 7.92. The summed E-state index contributed by atoms with van der Waals surface area (Å²) in [4.78, 5) is 27.1. The van der Waals surface area contributed by atoms with Gasteiger partial charge >= 0.3 is 12.1 Å². The van der Waals surface area contributed by atoms with Gasteiger partial charge in [0, 0.05) is 49.0 Å². The van der Waals surface area contributed by atoms with Crippen LogP contribution < -0.4 is 5.73 Å². The molecule has 3 aromatic rings. The zero-order chi connectivity index (χ0) is 24.9. The first-order valence-electron chi connectivity index (χ1n) is 10.8. The lowest BCUT2D eigenvalue weighted by Crippen LogP contribution is -2.40. The summed E-state index contributed by atoms with van der Waals surface area (Å²) >= 11 is 0. The number of aromatic nitrogens is 4. The highest BCUT2D eigenvalue weighted by Gasteiger charge is 2.38. The number of nitrogens with zero attached hydrogens (tertiary/aromatic N) is 4. The van der Waals surface area contributed by atoms with Crippen molar-refractivity contribution in [2.75, 3.05) is 13.1 Å². The third-order valence-electron chi connectivity index (χ3n) is 5.81. The van der Waals surface area contributed by atoms with E-state index in [2.05, 4.69) is 27.4 Å².